The summed E-state index contributed by atoms with van der Waals surface area (Å²) in [6.07, 6.45) is 0.749. The monoisotopic (exact) mass is 442 g/mol. The Morgan fingerprint density at radius 1 is 0.968 bits per heavy atom. The molecule has 10 heteroatoms. The number of aromatic nitrogens is 2. The van der Waals surface area contributed by atoms with E-state index < -0.39 is 0 Å². The third-order valence-electron chi connectivity index (χ3n) is 4.15. The summed E-state index contributed by atoms with van der Waals surface area (Å²) in [5, 5.41) is 14.6. The Bertz CT molecular complexity index is 1050. The zero-order chi connectivity index (χ0) is 22.2. The van der Waals surface area contributed by atoms with Gasteiger partial charge in [-0.1, -0.05) is 18.3 Å². The SMILES string of the molecule is CCc1nnc(NC(=O)c2ccc(OCC(=O)Nc3ccc(OC)cc3)c(OC)c2)s1. The molecule has 0 radical (unpaired) electrons. The van der Waals surface area contributed by atoms with Crippen molar-refractivity contribution < 1.29 is 23.8 Å². The van der Waals surface area contributed by atoms with Crippen LogP contribution in [0, 0.1) is 0 Å². The maximum atomic E-state index is 12.5. The molecule has 2 amide bonds. The van der Waals surface area contributed by atoms with Crippen LogP contribution in [0.2, 0.25) is 0 Å². The third-order valence-corrected chi connectivity index (χ3v) is 5.13. The molecule has 2 N–H and O–H groups in total. The summed E-state index contributed by atoms with van der Waals surface area (Å²) >= 11 is 1.32. The highest BCUT2D eigenvalue weighted by atomic mass is 32.1. The maximum Gasteiger partial charge on any atom is 0.262 e. The van der Waals surface area contributed by atoms with E-state index in [4.69, 9.17) is 14.2 Å². The Kier molecular flexibility index (Phi) is 7.39. The number of amides is 2. The van der Waals surface area contributed by atoms with E-state index in [0.717, 1.165) is 11.4 Å². The van der Waals surface area contributed by atoms with E-state index in [9.17, 15) is 9.59 Å². The molecule has 3 rings (SSSR count). The van der Waals surface area contributed by atoms with Crippen molar-refractivity contribution in [3.05, 3.63) is 53.0 Å². The van der Waals surface area contributed by atoms with E-state index in [2.05, 4.69) is 20.8 Å². The van der Waals surface area contributed by atoms with E-state index in [-0.39, 0.29) is 18.4 Å². The smallest absolute Gasteiger partial charge is 0.262 e. The van der Waals surface area contributed by atoms with Crippen molar-refractivity contribution in [2.24, 2.45) is 0 Å². The van der Waals surface area contributed by atoms with Crippen LogP contribution in [0.5, 0.6) is 17.2 Å². The van der Waals surface area contributed by atoms with Gasteiger partial charge in [0, 0.05) is 11.3 Å². The molecule has 31 heavy (non-hydrogen) atoms. The van der Waals surface area contributed by atoms with Gasteiger partial charge in [-0.05, 0) is 48.9 Å². The fourth-order valence-corrected chi connectivity index (χ4v) is 3.23. The standard InChI is InChI=1S/C21H22N4O5S/c1-4-19-24-25-21(31-19)23-20(27)13-5-10-16(17(11-13)29-3)30-12-18(26)22-14-6-8-15(28-2)9-7-14/h5-11H,4,12H2,1-3H3,(H,22,26)(H,23,25,27). The molecular weight excluding hydrogens is 420 g/mol. The summed E-state index contributed by atoms with van der Waals surface area (Å²) in [6, 6.07) is 11.6. The summed E-state index contributed by atoms with van der Waals surface area (Å²) in [5.41, 5.74) is 0.983. The zero-order valence-corrected chi connectivity index (χ0v) is 18.1. The first-order chi connectivity index (χ1) is 15.0. The fraction of sp³-hybridized carbons (Fsp3) is 0.238. The van der Waals surface area contributed by atoms with Crippen LogP contribution in [0.3, 0.4) is 0 Å². The van der Waals surface area contributed by atoms with Gasteiger partial charge in [0.25, 0.3) is 11.8 Å². The predicted octanol–water partition coefficient (Wildman–Crippen LogP) is 3.39. The molecule has 0 spiro atoms. The minimum atomic E-state index is -0.346. The van der Waals surface area contributed by atoms with Crippen molar-refractivity contribution in [1.29, 1.82) is 0 Å². The fourth-order valence-electron chi connectivity index (χ4n) is 2.56. The van der Waals surface area contributed by atoms with E-state index in [1.54, 1.807) is 43.5 Å². The number of nitrogens with one attached hydrogen (secondary N) is 2. The number of carbonyl (C=O) groups excluding carboxylic acids is 2. The number of anilines is 2. The zero-order valence-electron chi connectivity index (χ0n) is 17.3. The predicted molar refractivity (Wildman–Crippen MR) is 117 cm³/mol. The second kappa shape index (κ2) is 10.4. The third kappa shape index (κ3) is 5.92. The minimum absolute atomic E-state index is 0.224. The molecule has 2 aromatic carbocycles. The number of rotatable bonds is 9. The van der Waals surface area contributed by atoms with Crippen molar-refractivity contribution in [1.82, 2.24) is 10.2 Å². The Balaban J connectivity index is 1.59. The Morgan fingerprint density at radius 2 is 1.74 bits per heavy atom. The minimum Gasteiger partial charge on any atom is -0.497 e. The molecule has 1 heterocycles. The Morgan fingerprint density at radius 3 is 2.39 bits per heavy atom. The summed E-state index contributed by atoms with van der Waals surface area (Å²) in [5.74, 6) is 0.683. The number of methoxy groups -OCH3 is 2. The van der Waals surface area contributed by atoms with E-state index in [1.807, 2.05) is 6.92 Å². The van der Waals surface area contributed by atoms with Gasteiger partial charge < -0.3 is 19.5 Å². The first kappa shape index (κ1) is 22.0. The molecule has 1 aromatic heterocycles. The van der Waals surface area contributed by atoms with Crippen molar-refractivity contribution in [3.63, 3.8) is 0 Å². The van der Waals surface area contributed by atoms with Crippen LogP contribution in [0.4, 0.5) is 10.8 Å². The first-order valence-electron chi connectivity index (χ1n) is 9.40. The van der Waals surface area contributed by atoms with Gasteiger partial charge in [0.1, 0.15) is 10.8 Å². The molecule has 162 valence electrons. The number of ether oxygens (including phenoxy) is 3. The summed E-state index contributed by atoms with van der Waals surface area (Å²) in [7, 11) is 3.03. The number of carbonyl (C=O) groups is 2. The van der Waals surface area contributed by atoms with E-state index >= 15 is 0 Å². The summed E-state index contributed by atoms with van der Waals surface area (Å²) in [4.78, 5) is 24.6. The normalized spacial score (nSPS) is 10.3. The van der Waals surface area contributed by atoms with Gasteiger partial charge in [-0.15, -0.1) is 10.2 Å². The average Bonchev–Trinajstić information content (AvgIpc) is 3.25. The van der Waals surface area contributed by atoms with Crippen LogP contribution in [-0.2, 0) is 11.2 Å². The van der Waals surface area contributed by atoms with Gasteiger partial charge in [-0.2, -0.15) is 0 Å². The molecule has 0 saturated heterocycles. The van der Waals surface area contributed by atoms with E-state index in [0.29, 0.717) is 33.6 Å². The first-order valence-corrected chi connectivity index (χ1v) is 10.2. The molecule has 0 aliphatic rings. The molecule has 0 saturated carbocycles. The van der Waals surface area contributed by atoms with Crippen molar-refractivity contribution in [2.75, 3.05) is 31.5 Å². The quantitative estimate of drug-likeness (QED) is 0.522. The summed E-state index contributed by atoms with van der Waals surface area (Å²) < 4.78 is 16.0. The molecule has 0 unspecified atom stereocenters. The molecule has 0 aliphatic heterocycles. The summed E-state index contributed by atoms with van der Waals surface area (Å²) in [6.45, 7) is 1.74. The Hall–Kier alpha value is -3.66. The lowest BCUT2D eigenvalue weighted by molar-refractivity contribution is -0.118. The lowest BCUT2D eigenvalue weighted by Gasteiger charge is -2.12. The lowest BCUT2D eigenvalue weighted by Crippen LogP contribution is -2.20. The van der Waals surface area contributed by atoms with Gasteiger partial charge in [0.2, 0.25) is 5.13 Å². The second-order valence-electron chi connectivity index (χ2n) is 6.24. The van der Waals surface area contributed by atoms with Gasteiger partial charge in [0.05, 0.1) is 14.2 Å². The maximum absolute atomic E-state index is 12.5. The van der Waals surface area contributed by atoms with Gasteiger partial charge in [-0.25, -0.2) is 0 Å². The molecule has 3 aromatic rings. The van der Waals surface area contributed by atoms with Crippen LogP contribution in [-0.4, -0.2) is 42.8 Å². The van der Waals surface area contributed by atoms with Crippen LogP contribution in [0.15, 0.2) is 42.5 Å². The van der Waals surface area contributed by atoms with Crippen LogP contribution in [0.25, 0.3) is 0 Å². The second-order valence-corrected chi connectivity index (χ2v) is 7.30. The molecule has 0 fully saturated rings. The van der Waals surface area contributed by atoms with Crippen LogP contribution >= 0.6 is 11.3 Å². The van der Waals surface area contributed by atoms with Crippen LogP contribution in [0.1, 0.15) is 22.3 Å². The lowest BCUT2D eigenvalue weighted by atomic mass is 10.2. The number of hydrogen-bond acceptors (Lipinski definition) is 8. The van der Waals surface area contributed by atoms with Crippen molar-refractivity contribution >= 4 is 34.0 Å². The van der Waals surface area contributed by atoms with Gasteiger partial charge >= 0.3 is 0 Å². The van der Waals surface area contributed by atoms with Crippen molar-refractivity contribution in [3.8, 4) is 17.2 Å². The van der Waals surface area contributed by atoms with Gasteiger partial charge in [0.15, 0.2) is 18.1 Å². The highest BCUT2D eigenvalue weighted by Gasteiger charge is 2.14. The number of aryl methyl sites for hydroxylation is 1. The molecule has 9 nitrogen and oxygen atoms in total. The average molecular weight is 442 g/mol. The molecule has 0 bridgehead atoms. The Labute approximate surface area is 183 Å². The molecule has 0 atom stereocenters. The molecular formula is C21H22N4O5S. The number of nitrogens with zero attached hydrogens (tertiary/aromatic N) is 2. The topological polar surface area (TPSA) is 112 Å². The number of hydrogen-bond donors (Lipinski definition) is 2. The number of benzene rings is 2. The van der Waals surface area contributed by atoms with E-state index in [1.165, 1.54) is 24.5 Å². The van der Waals surface area contributed by atoms with Crippen LogP contribution < -0.4 is 24.8 Å². The van der Waals surface area contributed by atoms with Gasteiger partial charge in [-0.3, -0.25) is 14.9 Å². The highest BCUT2D eigenvalue weighted by Crippen LogP contribution is 2.29. The largest absolute Gasteiger partial charge is 0.497 e. The molecule has 0 aliphatic carbocycles. The highest BCUT2D eigenvalue weighted by molar-refractivity contribution is 7.15. The van der Waals surface area contributed by atoms with Crippen molar-refractivity contribution in [2.45, 2.75) is 13.3 Å².